The molecule has 1 aromatic heterocycles. The molecule has 2 aromatic rings. The Labute approximate surface area is 126 Å². The Morgan fingerprint density at radius 2 is 1.55 bits per heavy atom. The van der Waals surface area contributed by atoms with Gasteiger partial charge in [0.15, 0.2) is 5.60 Å². The normalized spacial score (nSPS) is 15.4. The molecule has 0 aliphatic rings. The zero-order valence-electron chi connectivity index (χ0n) is 11.2. The smallest absolute Gasteiger partial charge is 0.457 e. The third-order valence-electron chi connectivity index (χ3n) is 3.26. The van der Waals surface area contributed by atoms with Crippen LogP contribution in [0.25, 0.3) is 0 Å². The van der Waals surface area contributed by atoms with E-state index in [9.17, 15) is 27.1 Å². The summed E-state index contributed by atoms with van der Waals surface area (Å²) in [7, 11) is 1.32. The number of thiophene rings is 1. The zero-order chi connectivity index (χ0) is 16.6. The second-order valence-corrected chi connectivity index (χ2v) is 5.30. The molecule has 1 N–H and O–H groups in total. The Morgan fingerprint density at radius 1 is 0.955 bits per heavy atom. The second kappa shape index (κ2) is 5.51. The average Bonchev–Trinajstić information content (AvgIpc) is 2.99. The molecule has 0 saturated carbocycles. The summed E-state index contributed by atoms with van der Waals surface area (Å²) in [5.74, 6) is -5.10. The van der Waals surface area contributed by atoms with Crippen LogP contribution in [0.15, 0.2) is 41.1 Å². The predicted octanol–water partition coefficient (Wildman–Crippen LogP) is 4.19. The molecule has 0 saturated heterocycles. The van der Waals surface area contributed by atoms with Crippen LogP contribution in [-0.4, -0.2) is 24.3 Å². The van der Waals surface area contributed by atoms with Crippen LogP contribution in [0.3, 0.4) is 0 Å². The highest BCUT2D eigenvalue weighted by Gasteiger charge is 2.71. The topological polar surface area (TPSA) is 29.5 Å². The van der Waals surface area contributed by atoms with E-state index in [0.717, 1.165) is 34.9 Å². The number of hydrogen-bond donors (Lipinski definition) is 1. The van der Waals surface area contributed by atoms with Gasteiger partial charge >= 0.3 is 12.1 Å². The van der Waals surface area contributed by atoms with Crippen LogP contribution in [0, 0.1) is 0 Å². The summed E-state index contributed by atoms with van der Waals surface area (Å²) >= 11 is 0.910. The van der Waals surface area contributed by atoms with E-state index in [-0.39, 0.29) is 5.75 Å². The first-order chi connectivity index (χ1) is 10.1. The third kappa shape index (κ3) is 2.46. The Morgan fingerprint density at radius 3 is 1.95 bits per heavy atom. The van der Waals surface area contributed by atoms with Crippen molar-refractivity contribution in [1.29, 1.82) is 0 Å². The van der Waals surface area contributed by atoms with Gasteiger partial charge in [-0.25, -0.2) is 0 Å². The number of benzene rings is 1. The molecule has 0 radical (unpaired) electrons. The molecule has 0 fully saturated rings. The van der Waals surface area contributed by atoms with Crippen molar-refractivity contribution in [2.75, 3.05) is 7.11 Å². The Kier molecular flexibility index (Phi) is 4.18. The van der Waals surface area contributed by atoms with Gasteiger partial charge in [-0.05, 0) is 34.5 Å². The summed E-state index contributed by atoms with van der Waals surface area (Å²) < 4.78 is 71.3. The van der Waals surface area contributed by atoms with Gasteiger partial charge in [0.25, 0.3) is 0 Å². The second-order valence-electron chi connectivity index (χ2n) is 4.52. The Bertz CT molecular complexity index is 622. The molecule has 1 aromatic carbocycles. The predicted molar refractivity (Wildman–Crippen MR) is 71.3 cm³/mol. The molecule has 1 heterocycles. The fraction of sp³-hybridized carbons (Fsp3) is 0.286. The van der Waals surface area contributed by atoms with Gasteiger partial charge in [0, 0.05) is 5.56 Å². The third-order valence-corrected chi connectivity index (χ3v) is 3.94. The fourth-order valence-electron chi connectivity index (χ4n) is 2.04. The SMILES string of the molecule is COc1ccc(C(O)(c2ccsc2)C(F)(F)C(F)(F)F)cc1. The summed E-state index contributed by atoms with van der Waals surface area (Å²) in [6, 6.07) is 5.42. The van der Waals surface area contributed by atoms with Crippen molar-refractivity contribution < 1.29 is 31.8 Å². The van der Waals surface area contributed by atoms with Crippen LogP contribution in [-0.2, 0) is 5.60 Å². The van der Waals surface area contributed by atoms with Crippen LogP contribution < -0.4 is 4.74 Å². The molecule has 1 unspecified atom stereocenters. The highest BCUT2D eigenvalue weighted by atomic mass is 32.1. The quantitative estimate of drug-likeness (QED) is 0.847. The lowest BCUT2D eigenvalue weighted by molar-refractivity contribution is -0.336. The molecule has 120 valence electrons. The molecule has 2 rings (SSSR count). The van der Waals surface area contributed by atoms with Gasteiger partial charge < -0.3 is 9.84 Å². The largest absolute Gasteiger partial charge is 0.497 e. The minimum absolute atomic E-state index is 0.270. The number of methoxy groups -OCH3 is 1. The highest BCUT2D eigenvalue weighted by Crippen LogP contribution is 2.52. The van der Waals surface area contributed by atoms with Crippen molar-refractivity contribution in [3.63, 3.8) is 0 Å². The summed E-state index contributed by atoms with van der Waals surface area (Å²) in [5.41, 5.74) is -4.61. The standard InChI is InChI=1S/C14H11F5O2S/c1-21-11-4-2-9(3-5-11)12(20,10-6-7-22-8-10)13(15,16)14(17,18)19/h2-8,20H,1H3. The van der Waals surface area contributed by atoms with Gasteiger partial charge in [-0.15, -0.1) is 0 Å². The summed E-state index contributed by atoms with van der Waals surface area (Å²) in [4.78, 5) is 0. The van der Waals surface area contributed by atoms with Crippen LogP contribution in [0.5, 0.6) is 5.75 Å². The van der Waals surface area contributed by atoms with Crippen molar-refractivity contribution in [2.45, 2.75) is 17.7 Å². The minimum atomic E-state index is -5.91. The average molecular weight is 338 g/mol. The maximum absolute atomic E-state index is 14.0. The van der Waals surface area contributed by atoms with Gasteiger partial charge in [-0.3, -0.25) is 0 Å². The summed E-state index contributed by atoms with van der Waals surface area (Å²) in [6.07, 6.45) is -5.91. The van der Waals surface area contributed by atoms with Crippen molar-refractivity contribution >= 4 is 11.3 Å². The number of halogens is 5. The molecule has 0 spiro atoms. The maximum Gasteiger partial charge on any atom is 0.457 e. The molecule has 1 atom stereocenters. The van der Waals surface area contributed by atoms with Gasteiger partial charge in [0.2, 0.25) is 0 Å². The molecular formula is C14H11F5O2S. The van der Waals surface area contributed by atoms with Crippen molar-refractivity contribution in [2.24, 2.45) is 0 Å². The van der Waals surface area contributed by atoms with Crippen LogP contribution in [0.1, 0.15) is 11.1 Å². The van der Waals surface area contributed by atoms with E-state index in [2.05, 4.69) is 0 Å². The lowest BCUT2D eigenvalue weighted by Crippen LogP contribution is -2.55. The molecule has 22 heavy (non-hydrogen) atoms. The minimum Gasteiger partial charge on any atom is -0.497 e. The first-order valence-corrected chi connectivity index (χ1v) is 6.93. The first kappa shape index (κ1) is 16.7. The van der Waals surface area contributed by atoms with Crippen LogP contribution >= 0.6 is 11.3 Å². The lowest BCUT2D eigenvalue weighted by atomic mass is 9.82. The Hall–Kier alpha value is -1.67. The number of ether oxygens (including phenoxy) is 1. The molecule has 0 aliphatic carbocycles. The van der Waals surface area contributed by atoms with Crippen LogP contribution in [0.4, 0.5) is 22.0 Å². The first-order valence-electron chi connectivity index (χ1n) is 5.98. The van der Waals surface area contributed by atoms with Gasteiger partial charge in [0.05, 0.1) is 7.11 Å². The van der Waals surface area contributed by atoms with Gasteiger partial charge in [-0.2, -0.15) is 33.3 Å². The molecular weight excluding hydrogens is 327 g/mol. The van der Waals surface area contributed by atoms with E-state index in [1.807, 2.05) is 0 Å². The van der Waals surface area contributed by atoms with E-state index >= 15 is 0 Å². The van der Waals surface area contributed by atoms with E-state index < -0.39 is 28.8 Å². The van der Waals surface area contributed by atoms with E-state index in [4.69, 9.17) is 4.74 Å². The number of rotatable bonds is 4. The van der Waals surface area contributed by atoms with Crippen molar-refractivity contribution in [1.82, 2.24) is 0 Å². The summed E-state index contributed by atoms with van der Waals surface area (Å²) in [5, 5.41) is 12.7. The molecule has 2 nitrogen and oxygen atoms in total. The van der Waals surface area contributed by atoms with E-state index in [1.165, 1.54) is 24.6 Å². The number of aliphatic hydroxyl groups is 1. The number of hydrogen-bond acceptors (Lipinski definition) is 3. The lowest BCUT2D eigenvalue weighted by Gasteiger charge is -2.37. The molecule has 0 aliphatic heterocycles. The molecule has 0 amide bonds. The highest BCUT2D eigenvalue weighted by molar-refractivity contribution is 7.08. The summed E-state index contributed by atoms with van der Waals surface area (Å²) in [6.45, 7) is 0. The van der Waals surface area contributed by atoms with Crippen LogP contribution in [0.2, 0.25) is 0 Å². The monoisotopic (exact) mass is 338 g/mol. The molecule has 0 bridgehead atoms. The van der Waals surface area contributed by atoms with E-state index in [0.29, 0.717) is 0 Å². The Balaban J connectivity index is 2.66. The number of alkyl halides is 5. The zero-order valence-corrected chi connectivity index (χ0v) is 12.0. The van der Waals surface area contributed by atoms with Gasteiger partial charge in [-0.1, -0.05) is 12.1 Å². The van der Waals surface area contributed by atoms with Crippen molar-refractivity contribution in [3.8, 4) is 5.75 Å². The van der Waals surface area contributed by atoms with Crippen molar-refractivity contribution in [3.05, 3.63) is 52.2 Å². The fourth-order valence-corrected chi connectivity index (χ4v) is 2.74. The maximum atomic E-state index is 14.0. The van der Waals surface area contributed by atoms with Gasteiger partial charge in [0.1, 0.15) is 5.75 Å². The molecule has 8 heteroatoms. The van der Waals surface area contributed by atoms with E-state index in [1.54, 1.807) is 0 Å².